The van der Waals surface area contributed by atoms with Crippen LogP contribution >= 0.6 is 12.4 Å². The summed E-state index contributed by atoms with van der Waals surface area (Å²) in [5.74, 6) is 0.116. The van der Waals surface area contributed by atoms with Crippen LogP contribution in [0.3, 0.4) is 0 Å². The Labute approximate surface area is 230 Å². The Morgan fingerprint density at radius 2 is 1.50 bits per heavy atom. The summed E-state index contributed by atoms with van der Waals surface area (Å²) in [6, 6.07) is 23.1. The summed E-state index contributed by atoms with van der Waals surface area (Å²) >= 11 is 0. The number of anilines is 1. The van der Waals surface area contributed by atoms with Crippen LogP contribution in [0.4, 0.5) is 5.69 Å². The largest absolute Gasteiger partial charge is 0.369 e. The highest BCUT2D eigenvalue weighted by molar-refractivity contribution is 6.15. The van der Waals surface area contributed by atoms with Gasteiger partial charge in [-0.2, -0.15) is 0 Å². The lowest BCUT2D eigenvalue weighted by Crippen LogP contribution is -2.44. The van der Waals surface area contributed by atoms with Gasteiger partial charge >= 0.3 is 0 Å². The number of amidine groups is 1. The predicted molar refractivity (Wildman–Crippen MR) is 154 cm³/mol. The third kappa shape index (κ3) is 5.90. The summed E-state index contributed by atoms with van der Waals surface area (Å²) in [5, 5.41) is 6.08. The van der Waals surface area contributed by atoms with Crippen molar-refractivity contribution in [3.8, 4) is 0 Å². The number of rotatable bonds is 5. The van der Waals surface area contributed by atoms with E-state index in [0.29, 0.717) is 23.5 Å². The lowest BCUT2D eigenvalue weighted by molar-refractivity contribution is 0.0911. The van der Waals surface area contributed by atoms with Crippen molar-refractivity contribution >= 4 is 35.7 Å². The number of carbonyl (C=O) groups is 2. The Morgan fingerprint density at radius 3 is 2.18 bits per heavy atom. The van der Waals surface area contributed by atoms with Crippen LogP contribution in [0.1, 0.15) is 51.3 Å². The fourth-order valence-electron chi connectivity index (χ4n) is 4.78. The predicted octanol–water partition coefficient (Wildman–Crippen LogP) is 4.22. The molecule has 3 aromatic carbocycles. The van der Waals surface area contributed by atoms with E-state index in [0.717, 1.165) is 48.6 Å². The van der Waals surface area contributed by atoms with Gasteiger partial charge in [0.15, 0.2) is 0 Å². The first-order valence-electron chi connectivity index (χ1n) is 12.7. The van der Waals surface area contributed by atoms with Gasteiger partial charge in [0.2, 0.25) is 0 Å². The molecule has 0 aromatic heterocycles. The van der Waals surface area contributed by atoms with Gasteiger partial charge in [0.1, 0.15) is 5.84 Å². The van der Waals surface area contributed by atoms with Crippen LogP contribution in [0.5, 0.6) is 0 Å². The summed E-state index contributed by atoms with van der Waals surface area (Å²) in [6.45, 7) is 8.47. The topological polar surface area (TPSA) is 77.0 Å². The molecule has 0 aliphatic carbocycles. The summed E-state index contributed by atoms with van der Waals surface area (Å²) < 4.78 is 0. The molecule has 0 atom stereocenters. The lowest BCUT2D eigenvalue weighted by Gasteiger charge is -2.34. The van der Waals surface area contributed by atoms with E-state index in [4.69, 9.17) is 0 Å². The molecule has 7 nitrogen and oxygen atoms in total. The van der Waals surface area contributed by atoms with Crippen molar-refractivity contribution in [3.63, 3.8) is 0 Å². The number of benzene rings is 3. The zero-order valence-electron chi connectivity index (χ0n) is 22.0. The van der Waals surface area contributed by atoms with E-state index in [-0.39, 0.29) is 24.2 Å². The average molecular weight is 532 g/mol. The van der Waals surface area contributed by atoms with Gasteiger partial charge in [-0.15, -0.1) is 12.4 Å². The van der Waals surface area contributed by atoms with Gasteiger partial charge in [-0.1, -0.05) is 36.4 Å². The number of amides is 2. The molecular weight excluding hydrogens is 498 g/mol. The number of fused-ring (bicyclic) bond motifs is 1. The fraction of sp³-hybridized carbons (Fsp3) is 0.300. The van der Waals surface area contributed by atoms with Gasteiger partial charge in [-0.05, 0) is 68.4 Å². The highest BCUT2D eigenvalue weighted by Gasteiger charge is 2.25. The van der Waals surface area contributed by atoms with Gasteiger partial charge in [0, 0.05) is 48.6 Å². The second-order valence-corrected chi connectivity index (χ2v) is 10.3. The molecular formula is C30H34ClN5O2. The quantitative estimate of drug-likeness (QED) is 0.517. The fourth-order valence-corrected chi connectivity index (χ4v) is 4.78. The summed E-state index contributed by atoms with van der Waals surface area (Å²) in [7, 11) is 2.13. The third-order valence-electron chi connectivity index (χ3n) is 7.19. The molecule has 38 heavy (non-hydrogen) atoms. The highest BCUT2D eigenvalue weighted by Crippen LogP contribution is 2.23. The molecule has 3 aromatic rings. The molecule has 0 unspecified atom stereocenters. The van der Waals surface area contributed by atoms with Gasteiger partial charge in [0.05, 0.1) is 12.1 Å². The van der Waals surface area contributed by atoms with E-state index >= 15 is 0 Å². The standard InChI is InChI=1S/C30H33N5O2.ClH/c1-30(2,24-7-5-4-6-8-24)33-29(37)22-9-10-23-20-31-27(26(23)19-22)32-28(36)21-11-13-25(14-12-21)35-17-15-34(3)16-18-35;/h4-14,19H,15-18,20H2,1-3H3,(H,33,37)(H,31,32,36);1H. The molecule has 2 N–H and O–H groups in total. The van der Waals surface area contributed by atoms with Crippen molar-refractivity contribution in [1.82, 2.24) is 15.5 Å². The van der Waals surface area contributed by atoms with Crippen LogP contribution in [0.2, 0.25) is 0 Å². The van der Waals surface area contributed by atoms with Crippen LogP contribution in [-0.4, -0.2) is 55.8 Å². The number of nitrogens with zero attached hydrogens (tertiary/aromatic N) is 3. The van der Waals surface area contributed by atoms with Crippen LogP contribution in [0, 0.1) is 0 Å². The highest BCUT2D eigenvalue weighted by atomic mass is 35.5. The van der Waals surface area contributed by atoms with Crippen LogP contribution in [0.15, 0.2) is 77.8 Å². The van der Waals surface area contributed by atoms with E-state index in [1.165, 1.54) is 0 Å². The number of aliphatic imine (C=N–C) groups is 1. The summed E-state index contributed by atoms with van der Waals surface area (Å²) in [4.78, 5) is 35.3. The summed E-state index contributed by atoms with van der Waals surface area (Å²) in [5.41, 5.74) is 4.50. The molecule has 2 amide bonds. The average Bonchev–Trinajstić information content (AvgIpc) is 3.31. The molecule has 0 saturated carbocycles. The Balaban J connectivity index is 0.00000336. The molecule has 2 aliphatic heterocycles. The van der Waals surface area contributed by atoms with Crippen LogP contribution in [0.25, 0.3) is 0 Å². The Bertz CT molecular complexity index is 1330. The Kier molecular flexibility index (Phi) is 8.19. The number of halogens is 1. The van der Waals surface area contributed by atoms with Crippen molar-refractivity contribution in [3.05, 3.63) is 101 Å². The molecule has 2 heterocycles. The van der Waals surface area contributed by atoms with Crippen LogP contribution in [-0.2, 0) is 12.1 Å². The number of carbonyl (C=O) groups excluding carboxylic acids is 2. The van der Waals surface area contributed by atoms with Crippen LogP contribution < -0.4 is 15.5 Å². The number of hydrogen-bond acceptors (Lipinski definition) is 5. The molecule has 0 radical (unpaired) electrons. The van der Waals surface area contributed by atoms with Crippen molar-refractivity contribution in [1.29, 1.82) is 0 Å². The zero-order chi connectivity index (χ0) is 26.0. The third-order valence-corrected chi connectivity index (χ3v) is 7.19. The molecule has 0 spiro atoms. The minimum atomic E-state index is -0.529. The van der Waals surface area contributed by atoms with Gasteiger partial charge in [-0.25, -0.2) is 0 Å². The molecule has 198 valence electrons. The summed E-state index contributed by atoms with van der Waals surface area (Å²) in [6.07, 6.45) is 0. The van der Waals surface area contributed by atoms with Gasteiger partial charge in [0.25, 0.3) is 11.8 Å². The minimum Gasteiger partial charge on any atom is -0.369 e. The molecule has 0 bridgehead atoms. The van der Waals surface area contributed by atoms with E-state index in [2.05, 4.69) is 32.5 Å². The SMILES string of the molecule is CN1CCN(c2ccc(C(=O)NC3=NCc4ccc(C(=O)NC(C)(C)c5ccccc5)cc43)cc2)CC1.Cl. The maximum Gasteiger partial charge on any atom is 0.256 e. The van der Waals surface area contributed by atoms with Crippen molar-refractivity contribution in [2.75, 3.05) is 38.1 Å². The molecule has 1 saturated heterocycles. The first-order valence-corrected chi connectivity index (χ1v) is 12.7. The van der Waals surface area contributed by atoms with Gasteiger partial charge in [-0.3, -0.25) is 14.6 Å². The number of likely N-dealkylation sites (N-methyl/N-ethyl adjacent to an activating group) is 1. The van der Waals surface area contributed by atoms with Crippen molar-refractivity contribution in [2.45, 2.75) is 25.9 Å². The number of piperazine rings is 1. The van der Waals surface area contributed by atoms with Crippen molar-refractivity contribution in [2.24, 2.45) is 4.99 Å². The normalized spacial score (nSPS) is 15.2. The Morgan fingerprint density at radius 1 is 0.842 bits per heavy atom. The van der Waals surface area contributed by atoms with E-state index in [9.17, 15) is 9.59 Å². The lowest BCUT2D eigenvalue weighted by atomic mass is 9.93. The zero-order valence-corrected chi connectivity index (χ0v) is 22.8. The molecule has 2 aliphatic rings. The molecule has 8 heteroatoms. The maximum absolute atomic E-state index is 13.1. The van der Waals surface area contributed by atoms with Crippen molar-refractivity contribution < 1.29 is 9.59 Å². The molecule has 1 fully saturated rings. The monoisotopic (exact) mass is 531 g/mol. The first-order chi connectivity index (χ1) is 17.8. The number of hydrogen-bond donors (Lipinski definition) is 2. The Hall–Kier alpha value is -3.68. The van der Waals surface area contributed by atoms with E-state index in [1.54, 1.807) is 0 Å². The minimum absolute atomic E-state index is 0. The number of nitrogens with one attached hydrogen (secondary N) is 2. The van der Waals surface area contributed by atoms with E-state index in [1.807, 2.05) is 86.6 Å². The smallest absolute Gasteiger partial charge is 0.256 e. The van der Waals surface area contributed by atoms with Gasteiger partial charge < -0.3 is 20.4 Å². The van der Waals surface area contributed by atoms with E-state index < -0.39 is 5.54 Å². The maximum atomic E-state index is 13.1. The molecule has 5 rings (SSSR count). The second-order valence-electron chi connectivity index (χ2n) is 10.3. The first kappa shape index (κ1) is 27.4. The second kappa shape index (κ2) is 11.4.